The molecule has 0 saturated carbocycles. The Morgan fingerprint density at radius 2 is 1.54 bits per heavy atom. The van der Waals surface area contributed by atoms with Crippen LogP contribution >= 0.6 is 11.6 Å². The molecule has 0 radical (unpaired) electrons. The molecule has 1 amide bonds. The molecule has 0 aliphatic carbocycles. The van der Waals surface area contributed by atoms with E-state index in [0.717, 1.165) is 16.9 Å². The number of Topliss-reactive ketones (excluding diaryl/α,β-unsaturated/α-hetero) is 1. The fourth-order valence-corrected chi connectivity index (χ4v) is 4.65. The zero-order valence-electron chi connectivity index (χ0n) is 21.3. The van der Waals surface area contributed by atoms with Crippen molar-refractivity contribution in [3.63, 3.8) is 0 Å². The number of hydrogen-bond donors (Lipinski definition) is 0. The second-order valence-electron chi connectivity index (χ2n) is 9.31. The molecule has 4 aromatic rings. The first-order valence-corrected chi connectivity index (χ1v) is 13.0. The number of esters is 1. The molecule has 7 heteroatoms. The van der Waals surface area contributed by atoms with Gasteiger partial charge in [0.25, 0.3) is 0 Å². The SMILES string of the molecule is C[C@@H](OC(=O)[C@H]1CC(=O)N(c2ccc(Oc3ccccc3-c3ccccc3)cc2)C1)C(=O)c1ccc(Cl)cc1. The first-order chi connectivity index (χ1) is 18.9. The van der Waals surface area contributed by atoms with Gasteiger partial charge in [0.1, 0.15) is 11.5 Å². The molecule has 5 rings (SSSR count). The van der Waals surface area contributed by atoms with Crippen LogP contribution in [0.1, 0.15) is 23.7 Å². The Morgan fingerprint density at radius 1 is 0.872 bits per heavy atom. The first kappa shape index (κ1) is 26.2. The van der Waals surface area contributed by atoms with E-state index in [2.05, 4.69) is 0 Å². The standard InChI is InChI=1S/C32H26ClNO5/c1-21(31(36)23-11-13-25(33)14-12-23)38-32(37)24-19-30(35)34(20-24)26-15-17-27(18-16-26)39-29-10-6-5-9-28(29)22-7-3-2-4-8-22/h2-18,21,24H,19-20H2,1H3/t21-,24+/m1/s1. The number of para-hydroxylation sites is 1. The van der Waals surface area contributed by atoms with Gasteiger partial charge >= 0.3 is 5.97 Å². The van der Waals surface area contributed by atoms with E-state index >= 15 is 0 Å². The lowest BCUT2D eigenvalue weighted by Crippen LogP contribution is -2.30. The van der Waals surface area contributed by atoms with Crippen molar-refractivity contribution in [1.29, 1.82) is 0 Å². The van der Waals surface area contributed by atoms with E-state index in [9.17, 15) is 14.4 Å². The predicted octanol–water partition coefficient (Wildman–Crippen LogP) is 6.97. The lowest BCUT2D eigenvalue weighted by atomic mass is 10.0. The third-order valence-corrected chi connectivity index (χ3v) is 6.85. The fourth-order valence-electron chi connectivity index (χ4n) is 4.52. The van der Waals surface area contributed by atoms with Crippen LogP contribution in [0.3, 0.4) is 0 Å². The van der Waals surface area contributed by atoms with Crippen molar-refractivity contribution in [2.45, 2.75) is 19.4 Å². The molecule has 2 atom stereocenters. The van der Waals surface area contributed by atoms with Gasteiger partial charge < -0.3 is 14.4 Å². The van der Waals surface area contributed by atoms with Crippen LogP contribution in [-0.4, -0.2) is 30.3 Å². The molecule has 1 fully saturated rings. The highest BCUT2D eigenvalue weighted by Gasteiger charge is 2.37. The van der Waals surface area contributed by atoms with Gasteiger partial charge in [0.15, 0.2) is 6.10 Å². The maximum atomic E-state index is 12.8. The lowest BCUT2D eigenvalue weighted by Gasteiger charge is -2.18. The highest BCUT2D eigenvalue weighted by Crippen LogP contribution is 2.34. The number of hydrogen-bond acceptors (Lipinski definition) is 5. The Kier molecular flexibility index (Phi) is 7.75. The number of carbonyl (C=O) groups excluding carboxylic acids is 3. The second-order valence-corrected chi connectivity index (χ2v) is 9.75. The quantitative estimate of drug-likeness (QED) is 0.179. The summed E-state index contributed by atoms with van der Waals surface area (Å²) in [6.07, 6.45) is -0.957. The summed E-state index contributed by atoms with van der Waals surface area (Å²) in [5, 5.41) is 0.511. The van der Waals surface area contributed by atoms with Crippen molar-refractivity contribution in [2.24, 2.45) is 5.92 Å². The summed E-state index contributed by atoms with van der Waals surface area (Å²) in [6, 6.07) is 31.3. The molecule has 0 bridgehead atoms. The average Bonchev–Trinajstić information content (AvgIpc) is 3.36. The van der Waals surface area contributed by atoms with Crippen LogP contribution in [0.15, 0.2) is 103 Å². The molecule has 0 spiro atoms. The minimum absolute atomic E-state index is 0.0173. The summed E-state index contributed by atoms with van der Waals surface area (Å²) >= 11 is 5.88. The van der Waals surface area contributed by atoms with Gasteiger partial charge in [0.05, 0.1) is 5.92 Å². The molecule has 39 heavy (non-hydrogen) atoms. The molecule has 1 heterocycles. The van der Waals surface area contributed by atoms with Gasteiger partial charge in [0.2, 0.25) is 11.7 Å². The van der Waals surface area contributed by atoms with Gasteiger partial charge in [-0.1, -0.05) is 60.1 Å². The molecule has 0 unspecified atom stereocenters. The molecule has 6 nitrogen and oxygen atoms in total. The zero-order chi connectivity index (χ0) is 27.4. The van der Waals surface area contributed by atoms with Crippen LogP contribution in [0.4, 0.5) is 5.69 Å². The largest absolute Gasteiger partial charge is 0.457 e. The Labute approximate surface area is 231 Å². The zero-order valence-corrected chi connectivity index (χ0v) is 22.0. The minimum Gasteiger partial charge on any atom is -0.457 e. The molecule has 4 aromatic carbocycles. The molecule has 1 aliphatic heterocycles. The number of anilines is 1. The van der Waals surface area contributed by atoms with Crippen LogP contribution in [0.2, 0.25) is 5.02 Å². The molecular weight excluding hydrogens is 514 g/mol. The minimum atomic E-state index is -0.974. The van der Waals surface area contributed by atoms with Gasteiger partial charge in [-0.2, -0.15) is 0 Å². The number of ketones is 1. The van der Waals surface area contributed by atoms with Crippen LogP contribution in [0.25, 0.3) is 11.1 Å². The van der Waals surface area contributed by atoms with Gasteiger partial charge in [-0.15, -0.1) is 0 Å². The van der Waals surface area contributed by atoms with Crippen molar-refractivity contribution in [2.75, 3.05) is 11.4 Å². The monoisotopic (exact) mass is 539 g/mol. The molecule has 196 valence electrons. The molecule has 0 aromatic heterocycles. The highest BCUT2D eigenvalue weighted by molar-refractivity contribution is 6.30. The number of rotatable bonds is 8. The van der Waals surface area contributed by atoms with Crippen LogP contribution < -0.4 is 9.64 Å². The second kappa shape index (κ2) is 11.5. The molecular formula is C32H26ClNO5. The smallest absolute Gasteiger partial charge is 0.312 e. The van der Waals surface area contributed by atoms with Crippen molar-refractivity contribution in [3.05, 3.63) is 114 Å². The van der Waals surface area contributed by atoms with Crippen LogP contribution in [-0.2, 0) is 14.3 Å². The van der Waals surface area contributed by atoms with Gasteiger partial charge in [-0.3, -0.25) is 14.4 Å². The molecule has 1 aliphatic rings. The maximum Gasteiger partial charge on any atom is 0.312 e. The highest BCUT2D eigenvalue weighted by atomic mass is 35.5. The summed E-state index contributed by atoms with van der Waals surface area (Å²) < 4.78 is 11.6. The van der Waals surface area contributed by atoms with Gasteiger partial charge in [0, 0.05) is 34.8 Å². The number of amides is 1. The third-order valence-electron chi connectivity index (χ3n) is 6.60. The lowest BCUT2D eigenvalue weighted by molar-refractivity contribution is -0.151. The molecule has 0 N–H and O–H groups in total. The summed E-state index contributed by atoms with van der Waals surface area (Å²) in [6.45, 7) is 1.70. The van der Waals surface area contributed by atoms with E-state index in [1.807, 2.05) is 54.6 Å². The first-order valence-electron chi connectivity index (χ1n) is 12.6. The van der Waals surface area contributed by atoms with Crippen molar-refractivity contribution in [1.82, 2.24) is 0 Å². The molecule has 1 saturated heterocycles. The van der Waals surface area contributed by atoms with E-state index in [1.54, 1.807) is 53.4 Å². The van der Waals surface area contributed by atoms with Crippen LogP contribution in [0, 0.1) is 5.92 Å². The van der Waals surface area contributed by atoms with Crippen molar-refractivity contribution < 1.29 is 23.9 Å². The van der Waals surface area contributed by atoms with Gasteiger partial charge in [-0.05, 0) is 67.1 Å². The Morgan fingerprint density at radius 3 is 2.26 bits per heavy atom. The predicted molar refractivity (Wildman–Crippen MR) is 150 cm³/mol. The Bertz CT molecular complexity index is 1490. The summed E-state index contributed by atoms with van der Waals surface area (Å²) in [5.41, 5.74) is 3.08. The van der Waals surface area contributed by atoms with Crippen molar-refractivity contribution in [3.8, 4) is 22.6 Å². The number of benzene rings is 4. The number of nitrogens with zero attached hydrogens (tertiary/aromatic N) is 1. The summed E-state index contributed by atoms with van der Waals surface area (Å²) in [5.74, 6) is -0.398. The van der Waals surface area contributed by atoms with Crippen molar-refractivity contribution >= 4 is 34.9 Å². The van der Waals surface area contributed by atoms with E-state index < -0.39 is 18.0 Å². The number of halogens is 1. The maximum absolute atomic E-state index is 12.8. The fraction of sp³-hybridized carbons (Fsp3) is 0.156. The number of ether oxygens (including phenoxy) is 2. The summed E-state index contributed by atoms with van der Waals surface area (Å²) in [4.78, 5) is 39.7. The van der Waals surface area contributed by atoms with E-state index in [1.165, 1.54) is 6.92 Å². The third kappa shape index (κ3) is 6.02. The van der Waals surface area contributed by atoms with E-state index in [0.29, 0.717) is 22.0 Å². The number of carbonyl (C=O) groups is 3. The van der Waals surface area contributed by atoms with Gasteiger partial charge in [-0.25, -0.2) is 0 Å². The van der Waals surface area contributed by atoms with Crippen LogP contribution in [0.5, 0.6) is 11.5 Å². The normalized spacial score (nSPS) is 15.6. The topological polar surface area (TPSA) is 72.9 Å². The Balaban J connectivity index is 1.22. The van der Waals surface area contributed by atoms with E-state index in [-0.39, 0.29) is 24.7 Å². The average molecular weight is 540 g/mol. The Hall–Kier alpha value is -4.42. The van der Waals surface area contributed by atoms with E-state index in [4.69, 9.17) is 21.1 Å². The summed E-state index contributed by atoms with van der Waals surface area (Å²) in [7, 11) is 0.